The maximum Gasteiger partial charge on any atom is 0.409 e. The van der Waals surface area contributed by atoms with Crippen LogP contribution in [0.3, 0.4) is 0 Å². The molecule has 3 rings (SSSR count). The van der Waals surface area contributed by atoms with E-state index in [0.29, 0.717) is 26.1 Å². The van der Waals surface area contributed by atoms with E-state index in [-0.39, 0.29) is 28.0 Å². The molecule has 144 valence electrons. The first-order valence-electron chi connectivity index (χ1n) is 9.16. The Hall–Kier alpha value is -2.27. The standard InChI is InChI=1S/C21H25ClN2O3/c1-21(2,3)15-6-4-14(5-7-15)16(10-11-24-12-13-27-20(24)26)18-9-8-17(22)19(25)23-18/h4-9,16H,10-13H2,1-3H3,(H,23,25). The second-order valence-electron chi connectivity index (χ2n) is 7.91. The van der Waals surface area contributed by atoms with Crippen LogP contribution in [0, 0.1) is 0 Å². The van der Waals surface area contributed by atoms with Crippen LogP contribution in [-0.4, -0.2) is 35.7 Å². The van der Waals surface area contributed by atoms with Gasteiger partial charge in [-0.25, -0.2) is 4.79 Å². The summed E-state index contributed by atoms with van der Waals surface area (Å²) in [4.78, 5) is 28.3. The van der Waals surface area contributed by atoms with Gasteiger partial charge >= 0.3 is 6.09 Å². The number of benzene rings is 1. The highest BCUT2D eigenvalue weighted by Gasteiger charge is 2.24. The van der Waals surface area contributed by atoms with Crippen LogP contribution >= 0.6 is 11.6 Å². The molecule has 1 atom stereocenters. The minimum atomic E-state index is -0.300. The predicted molar refractivity (Wildman–Crippen MR) is 107 cm³/mol. The Morgan fingerprint density at radius 1 is 1.15 bits per heavy atom. The Bertz CT molecular complexity index is 868. The highest BCUT2D eigenvalue weighted by atomic mass is 35.5. The molecule has 1 amide bonds. The van der Waals surface area contributed by atoms with E-state index in [0.717, 1.165) is 11.3 Å². The summed E-state index contributed by atoms with van der Waals surface area (Å²) >= 11 is 5.89. The number of rotatable bonds is 5. The summed E-state index contributed by atoms with van der Waals surface area (Å²) in [5.74, 6) is -0.0441. The number of halogens is 1. The van der Waals surface area contributed by atoms with Crippen LogP contribution in [0.25, 0.3) is 0 Å². The number of nitrogens with zero attached hydrogens (tertiary/aromatic N) is 1. The molecular weight excluding hydrogens is 364 g/mol. The molecule has 1 N–H and O–H groups in total. The van der Waals surface area contributed by atoms with Crippen molar-refractivity contribution in [3.63, 3.8) is 0 Å². The molecule has 1 fully saturated rings. The highest BCUT2D eigenvalue weighted by Crippen LogP contribution is 2.30. The van der Waals surface area contributed by atoms with Crippen LogP contribution in [0.15, 0.2) is 41.2 Å². The van der Waals surface area contributed by atoms with E-state index in [2.05, 4.69) is 50.0 Å². The van der Waals surface area contributed by atoms with Crippen LogP contribution in [0.5, 0.6) is 0 Å². The summed E-state index contributed by atoms with van der Waals surface area (Å²) in [6.45, 7) is 8.13. The molecule has 2 heterocycles. The largest absolute Gasteiger partial charge is 0.448 e. The minimum Gasteiger partial charge on any atom is -0.448 e. The van der Waals surface area contributed by atoms with E-state index >= 15 is 0 Å². The van der Waals surface area contributed by atoms with Gasteiger partial charge in [0.2, 0.25) is 0 Å². The number of carbonyl (C=O) groups excluding carboxylic acids is 1. The monoisotopic (exact) mass is 388 g/mol. The van der Waals surface area contributed by atoms with Crippen LogP contribution in [-0.2, 0) is 10.2 Å². The minimum absolute atomic E-state index is 0.0441. The second kappa shape index (κ2) is 7.77. The fourth-order valence-electron chi connectivity index (χ4n) is 3.31. The number of ether oxygens (including phenoxy) is 1. The lowest BCUT2D eigenvalue weighted by Crippen LogP contribution is -2.27. The Morgan fingerprint density at radius 2 is 1.85 bits per heavy atom. The smallest absolute Gasteiger partial charge is 0.409 e. The molecular formula is C21H25ClN2O3. The van der Waals surface area contributed by atoms with Crippen molar-refractivity contribution in [3.05, 3.63) is 68.6 Å². The lowest BCUT2D eigenvalue weighted by Gasteiger charge is -2.23. The number of pyridine rings is 1. The molecule has 0 radical (unpaired) electrons. The van der Waals surface area contributed by atoms with E-state index in [4.69, 9.17) is 16.3 Å². The predicted octanol–water partition coefficient (Wildman–Crippen LogP) is 4.30. The first kappa shape index (κ1) is 19.5. The van der Waals surface area contributed by atoms with Gasteiger partial charge in [0.25, 0.3) is 5.56 Å². The number of H-pyrrole nitrogens is 1. The average Bonchev–Trinajstić information content (AvgIpc) is 3.03. The topological polar surface area (TPSA) is 62.4 Å². The van der Waals surface area contributed by atoms with Gasteiger partial charge in [0.15, 0.2) is 0 Å². The molecule has 1 aromatic carbocycles. The fraction of sp³-hybridized carbons (Fsp3) is 0.429. The van der Waals surface area contributed by atoms with Crippen LogP contribution < -0.4 is 5.56 Å². The van der Waals surface area contributed by atoms with Gasteiger partial charge < -0.3 is 14.6 Å². The van der Waals surface area contributed by atoms with Gasteiger partial charge in [-0.15, -0.1) is 0 Å². The molecule has 27 heavy (non-hydrogen) atoms. The lowest BCUT2D eigenvalue weighted by atomic mass is 9.84. The number of cyclic esters (lactones) is 1. The van der Waals surface area contributed by atoms with E-state index in [1.807, 2.05) is 6.07 Å². The van der Waals surface area contributed by atoms with Crippen LogP contribution in [0.4, 0.5) is 4.79 Å². The summed E-state index contributed by atoms with van der Waals surface area (Å²) in [5, 5.41) is 0.170. The molecule has 1 unspecified atom stereocenters. The van der Waals surface area contributed by atoms with Gasteiger partial charge in [0.05, 0.1) is 6.54 Å². The number of aromatic nitrogens is 1. The van der Waals surface area contributed by atoms with Gasteiger partial charge in [-0.2, -0.15) is 0 Å². The van der Waals surface area contributed by atoms with Crippen molar-refractivity contribution in [2.45, 2.75) is 38.5 Å². The first-order chi connectivity index (χ1) is 12.8. The number of hydrogen-bond donors (Lipinski definition) is 1. The molecule has 6 heteroatoms. The molecule has 0 aliphatic carbocycles. The van der Waals surface area contributed by atoms with Crippen molar-refractivity contribution in [1.82, 2.24) is 9.88 Å². The molecule has 5 nitrogen and oxygen atoms in total. The Balaban J connectivity index is 1.89. The SMILES string of the molecule is CC(C)(C)c1ccc(C(CCN2CCOC2=O)c2ccc(Cl)c(=O)[nH]2)cc1. The number of nitrogens with one attached hydrogen (secondary N) is 1. The Kier molecular flexibility index (Phi) is 5.61. The summed E-state index contributed by atoms with van der Waals surface area (Å²) < 4.78 is 5.01. The Labute approximate surface area is 164 Å². The molecule has 0 spiro atoms. The molecule has 1 aliphatic rings. The van der Waals surface area contributed by atoms with Gasteiger partial charge in [0.1, 0.15) is 11.6 Å². The third-order valence-corrected chi connectivity index (χ3v) is 5.27. The summed E-state index contributed by atoms with van der Waals surface area (Å²) in [7, 11) is 0. The number of amides is 1. The van der Waals surface area contributed by atoms with Crippen molar-refractivity contribution in [3.8, 4) is 0 Å². The molecule has 1 aromatic heterocycles. The van der Waals surface area contributed by atoms with Crippen LogP contribution in [0.2, 0.25) is 5.02 Å². The maximum atomic E-state index is 12.0. The third kappa shape index (κ3) is 4.53. The zero-order valence-corrected chi connectivity index (χ0v) is 16.7. The zero-order chi connectivity index (χ0) is 19.6. The van der Waals surface area contributed by atoms with E-state index in [1.54, 1.807) is 11.0 Å². The van der Waals surface area contributed by atoms with Crippen molar-refractivity contribution in [1.29, 1.82) is 0 Å². The van der Waals surface area contributed by atoms with E-state index in [9.17, 15) is 9.59 Å². The highest BCUT2D eigenvalue weighted by molar-refractivity contribution is 6.30. The molecule has 2 aromatic rings. The van der Waals surface area contributed by atoms with E-state index in [1.165, 1.54) is 5.56 Å². The summed E-state index contributed by atoms with van der Waals surface area (Å²) in [5.41, 5.74) is 2.90. The summed E-state index contributed by atoms with van der Waals surface area (Å²) in [6, 6.07) is 11.9. The molecule has 0 saturated carbocycles. The first-order valence-corrected chi connectivity index (χ1v) is 9.54. The van der Waals surface area contributed by atoms with Crippen molar-refractivity contribution < 1.29 is 9.53 Å². The molecule has 1 aliphatic heterocycles. The van der Waals surface area contributed by atoms with Gasteiger partial charge in [-0.3, -0.25) is 4.79 Å². The third-order valence-electron chi connectivity index (χ3n) is 4.97. The average molecular weight is 389 g/mol. The Morgan fingerprint density at radius 3 is 2.41 bits per heavy atom. The number of aromatic amines is 1. The zero-order valence-electron chi connectivity index (χ0n) is 15.9. The number of hydrogen-bond acceptors (Lipinski definition) is 3. The number of carbonyl (C=O) groups is 1. The lowest BCUT2D eigenvalue weighted by molar-refractivity contribution is 0.158. The van der Waals surface area contributed by atoms with E-state index < -0.39 is 0 Å². The molecule has 1 saturated heterocycles. The van der Waals surface area contributed by atoms with Crippen LogP contribution in [0.1, 0.15) is 49.9 Å². The molecule has 0 bridgehead atoms. The quantitative estimate of drug-likeness (QED) is 0.830. The van der Waals surface area contributed by atoms with Crippen molar-refractivity contribution >= 4 is 17.7 Å². The van der Waals surface area contributed by atoms with Crippen molar-refractivity contribution in [2.24, 2.45) is 0 Å². The normalized spacial score (nSPS) is 15.7. The second-order valence-corrected chi connectivity index (χ2v) is 8.31. The maximum absolute atomic E-state index is 12.0. The van der Waals surface area contributed by atoms with Crippen molar-refractivity contribution in [2.75, 3.05) is 19.7 Å². The van der Waals surface area contributed by atoms with Gasteiger partial charge in [0, 0.05) is 18.2 Å². The van der Waals surface area contributed by atoms with Gasteiger partial charge in [-0.05, 0) is 35.1 Å². The summed E-state index contributed by atoms with van der Waals surface area (Å²) in [6.07, 6.45) is 0.406. The fourth-order valence-corrected chi connectivity index (χ4v) is 3.42. The van der Waals surface area contributed by atoms with Gasteiger partial charge in [-0.1, -0.05) is 56.6 Å².